The first-order valence-corrected chi connectivity index (χ1v) is 10.7. The molecule has 0 atom stereocenters. The van der Waals surface area contributed by atoms with Gasteiger partial charge in [-0.15, -0.1) is 0 Å². The minimum Gasteiger partial charge on any atom is -0.364 e. The summed E-state index contributed by atoms with van der Waals surface area (Å²) in [7, 11) is 1.84. The molecule has 1 aliphatic rings. The van der Waals surface area contributed by atoms with Gasteiger partial charge < -0.3 is 19.3 Å². The molecule has 3 heterocycles. The number of guanidine groups is 1. The van der Waals surface area contributed by atoms with Crippen LogP contribution in [0.15, 0.2) is 50.6 Å². The van der Waals surface area contributed by atoms with Crippen molar-refractivity contribution in [1.82, 2.24) is 30.4 Å². The minimum atomic E-state index is 0.574. The van der Waals surface area contributed by atoms with Crippen LogP contribution in [0, 0.1) is 0 Å². The van der Waals surface area contributed by atoms with Crippen LogP contribution in [0.3, 0.4) is 0 Å². The van der Waals surface area contributed by atoms with Gasteiger partial charge in [-0.1, -0.05) is 29.4 Å². The summed E-state index contributed by atoms with van der Waals surface area (Å²) in [6.45, 7) is 7.50. The van der Waals surface area contributed by atoms with E-state index in [1.807, 2.05) is 32.2 Å². The molecule has 1 saturated heterocycles. The van der Waals surface area contributed by atoms with Gasteiger partial charge in [-0.2, -0.15) is 4.98 Å². The van der Waals surface area contributed by atoms with E-state index in [1.54, 1.807) is 6.26 Å². The van der Waals surface area contributed by atoms with Gasteiger partial charge in [-0.05, 0) is 24.1 Å². The third kappa shape index (κ3) is 5.49. The highest BCUT2D eigenvalue weighted by atomic mass is 16.5. The number of aromatic nitrogens is 3. The zero-order valence-corrected chi connectivity index (χ0v) is 18.1. The van der Waals surface area contributed by atoms with E-state index in [0.717, 1.165) is 75.2 Å². The lowest BCUT2D eigenvalue weighted by Gasteiger charge is -2.36. The van der Waals surface area contributed by atoms with Crippen LogP contribution in [0.2, 0.25) is 0 Å². The van der Waals surface area contributed by atoms with E-state index in [-0.39, 0.29) is 0 Å². The van der Waals surface area contributed by atoms with E-state index in [1.165, 1.54) is 5.56 Å². The zero-order chi connectivity index (χ0) is 21.5. The molecule has 164 valence electrons. The summed E-state index contributed by atoms with van der Waals surface area (Å²) >= 11 is 0. The SMILES string of the molecule is CCc1noc(-c2ccc(CCNC(=NC)N3CCN(Cc4ccon4)CC3)cc2)n1. The summed E-state index contributed by atoms with van der Waals surface area (Å²) in [5.41, 5.74) is 3.18. The summed E-state index contributed by atoms with van der Waals surface area (Å²) in [5.74, 6) is 2.26. The summed E-state index contributed by atoms with van der Waals surface area (Å²) in [6, 6.07) is 10.2. The van der Waals surface area contributed by atoms with Crippen molar-refractivity contribution < 1.29 is 9.05 Å². The molecule has 0 radical (unpaired) electrons. The number of nitrogens with zero attached hydrogens (tertiary/aromatic N) is 6. The van der Waals surface area contributed by atoms with Gasteiger partial charge in [0, 0.05) is 64.4 Å². The van der Waals surface area contributed by atoms with E-state index in [0.29, 0.717) is 5.89 Å². The molecule has 1 aliphatic heterocycles. The van der Waals surface area contributed by atoms with Gasteiger partial charge in [0.05, 0.1) is 5.69 Å². The Morgan fingerprint density at radius 3 is 2.55 bits per heavy atom. The third-order valence-electron chi connectivity index (χ3n) is 5.44. The summed E-state index contributed by atoms with van der Waals surface area (Å²) < 4.78 is 10.2. The lowest BCUT2D eigenvalue weighted by Crippen LogP contribution is -2.52. The lowest BCUT2D eigenvalue weighted by atomic mass is 10.1. The molecule has 0 aliphatic carbocycles. The van der Waals surface area contributed by atoms with Crippen LogP contribution in [-0.2, 0) is 19.4 Å². The molecule has 31 heavy (non-hydrogen) atoms. The van der Waals surface area contributed by atoms with Crippen molar-refractivity contribution in [2.24, 2.45) is 4.99 Å². The Morgan fingerprint density at radius 2 is 1.90 bits per heavy atom. The van der Waals surface area contributed by atoms with Gasteiger partial charge in [0.25, 0.3) is 5.89 Å². The van der Waals surface area contributed by atoms with Crippen molar-refractivity contribution in [2.45, 2.75) is 26.3 Å². The molecule has 0 amide bonds. The van der Waals surface area contributed by atoms with Crippen LogP contribution in [0.1, 0.15) is 24.0 Å². The highest BCUT2D eigenvalue weighted by Gasteiger charge is 2.20. The summed E-state index contributed by atoms with van der Waals surface area (Å²) in [5, 5.41) is 11.4. The molecule has 0 spiro atoms. The maximum Gasteiger partial charge on any atom is 0.257 e. The second kappa shape index (κ2) is 10.2. The second-order valence-corrected chi connectivity index (χ2v) is 7.54. The molecule has 3 aromatic rings. The van der Waals surface area contributed by atoms with Crippen LogP contribution in [0.4, 0.5) is 0 Å². The Morgan fingerprint density at radius 1 is 1.10 bits per heavy atom. The first kappa shape index (κ1) is 21.0. The number of hydrogen-bond acceptors (Lipinski definition) is 7. The van der Waals surface area contributed by atoms with Crippen molar-refractivity contribution in [3.05, 3.63) is 53.7 Å². The van der Waals surface area contributed by atoms with Gasteiger partial charge >= 0.3 is 0 Å². The van der Waals surface area contributed by atoms with Gasteiger partial charge in [-0.25, -0.2) is 0 Å². The van der Waals surface area contributed by atoms with E-state index in [2.05, 4.69) is 47.5 Å². The van der Waals surface area contributed by atoms with E-state index in [9.17, 15) is 0 Å². The van der Waals surface area contributed by atoms with Crippen molar-refractivity contribution in [1.29, 1.82) is 0 Å². The molecule has 1 N–H and O–H groups in total. The first-order chi connectivity index (χ1) is 15.2. The molecule has 1 fully saturated rings. The highest BCUT2D eigenvalue weighted by molar-refractivity contribution is 5.80. The Hall–Kier alpha value is -3.20. The van der Waals surface area contributed by atoms with Gasteiger partial charge in [-0.3, -0.25) is 9.89 Å². The van der Waals surface area contributed by atoms with Crippen LogP contribution < -0.4 is 5.32 Å². The molecule has 0 unspecified atom stereocenters. The zero-order valence-electron chi connectivity index (χ0n) is 18.1. The first-order valence-electron chi connectivity index (χ1n) is 10.7. The molecule has 2 aromatic heterocycles. The maximum atomic E-state index is 5.31. The average molecular weight is 424 g/mol. The quantitative estimate of drug-likeness (QED) is 0.457. The second-order valence-electron chi connectivity index (χ2n) is 7.54. The summed E-state index contributed by atoms with van der Waals surface area (Å²) in [6.07, 6.45) is 3.30. The fraction of sp³-hybridized carbons (Fsp3) is 0.455. The Bertz CT molecular complexity index is 958. The predicted molar refractivity (Wildman–Crippen MR) is 118 cm³/mol. The Kier molecular flexibility index (Phi) is 6.93. The molecule has 4 rings (SSSR count). The van der Waals surface area contributed by atoms with Crippen LogP contribution in [-0.4, -0.2) is 70.8 Å². The van der Waals surface area contributed by atoms with E-state index >= 15 is 0 Å². The largest absolute Gasteiger partial charge is 0.364 e. The molecular formula is C22H29N7O2. The number of nitrogens with one attached hydrogen (secondary N) is 1. The predicted octanol–water partition coefficient (Wildman–Crippen LogP) is 2.22. The number of aryl methyl sites for hydroxylation is 1. The average Bonchev–Trinajstić information content (AvgIpc) is 3.50. The van der Waals surface area contributed by atoms with Gasteiger partial charge in [0.2, 0.25) is 0 Å². The normalized spacial score (nSPS) is 15.4. The third-order valence-corrected chi connectivity index (χ3v) is 5.44. The summed E-state index contributed by atoms with van der Waals surface area (Å²) in [4.78, 5) is 13.5. The fourth-order valence-corrected chi connectivity index (χ4v) is 3.65. The fourth-order valence-electron chi connectivity index (χ4n) is 3.65. The Balaban J connectivity index is 1.22. The van der Waals surface area contributed by atoms with Gasteiger partial charge in [0.1, 0.15) is 6.26 Å². The van der Waals surface area contributed by atoms with Crippen LogP contribution in [0.5, 0.6) is 0 Å². The van der Waals surface area contributed by atoms with Gasteiger partial charge in [0.15, 0.2) is 11.8 Å². The van der Waals surface area contributed by atoms with Crippen molar-refractivity contribution in [2.75, 3.05) is 39.8 Å². The number of piperazine rings is 1. The molecule has 1 aromatic carbocycles. The number of benzene rings is 1. The molecule has 9 heteroatoms. The Labute approximate surface area is 182 Å². The van der Waals surface area contributed by atoms with Crippen LogP contribution in [0.25, 0.3) is 11.5 Å². The topological polar surface area (TPSA) is 95.8 Å². The number of hydrogen-bond donors (Lipinski definition) is 1. The van der Waals surface area contributed by atoms with Crippen LogP contribution >= 0.6 is 0 Å². The smallest absolute Gasteiger partial charge is 0.257 e. The van der Waals surface area contributed by atoms with Crippen molar-refractivity contribution >= 4 is 5.96 Å². The van der Waals surface area contributed by atoms with E-state index in [4.69, 9.17) is 9.05 Å². The molecule has 9 nitrogen and oxygen atoms in total. The standard InChI is InChI=1S/C22H29N7O2/c1-3-20-25-21(31-27-20)18-6-4-17(5-7-18)8-10-24-22(23-2)29-13-11-28(12-14-29)16-19-9-15-30-26-19/h4-7,9,15H,3,8,10-14,16H2,1-2H3,(H,23,24). The number of rotatable bonds is 7. The van der Waals surface area contributed by atoms with Crippen molar-refractivity contribution in [3.63, 3.8) is 0 Å². The van der Waals surface area contributed by atoms with E-state index < -0.39 is 0 Å². The highest BCUT2D eigenvalue weighted by Crippen LogP contribution is 2.18. The minimum absolute atomic E-state index is 0.574. The molecule has 0 bridgehead atoms. The monoisotopic (exact) mass is 423 g/mol. The molecule has 0 saturated carbocycles. The number of aliphatic imine (C=N–C) groups is 1. The lowest BCUT2D eigenvalue weighted by molar-refractivity contribution is 0.169. The maximum absolute atomic E-state index is 5.31. The molecular weight excluding hydrogens is 394 g/mol. The van der Waals surface area contributed by atoms with Crippen molar-refractivity contribution in [3.8, 4) is 11.5 Å².